The molecule has 2 aromatic rings. The van der Waals surface area contributed by atoms with Crippen molar-refractivity contribution in [1.29, 1.82) is 0 Å². The molecule has 2 rings (SSSR count). The molecule has 0 radical (unpaired) electrons. The topological polar surface area (TPSA) is 93.7 Å². The second-order valence-electron chi connectivity index (χ2n) is 5.72. The molecule has 138 valence electrons. The van der Waals surface area contributed by atoms with Gasteiger partial charge in [-0.05, 0) is 19.1 Å². The Morgan fingerprint density at radius 1 is 1.08 bits per heavy atom. The van der Waals surface area contributed by atoms with E-state index in [4.69, 9.17) is 9.47 Å². The van der Waals surface area contributed by atoms with E-state index in [-0.39, 0.29) is 29.2 Å². The van der Waals surface area contributed by atoms with Gasteiger partial charge in [0.1, 0.15) is 22.9 Å². The molecule has 1 atom stereocenters. The Hall–Kier alpha value is -3.16. The lowest BCUT2D eigenvalue weighted by atomic mass is 10.2. The molecule has 0 aliphatic rings. The number of rotatable bonds is 7. The summed E-state index contributed by atoms with van der Waals surface area (Å²) in [5.41, 5.74) is 0.527. The molecule has 0 aliphatic heterocycles. The Kier molecular flexibility index (Phi) is 6.48. The Balaban J connectivity index is 1.96. The first kappa shape index (κ1) is 19.2. The average molecular weight is 358 g/mol. The number of ether oxygens (including phenoxy) is 2. The van der Waals surface area contributed by atoms with Gasteiger partial charge in [0.05, 0.1) is 14.2 Å². The molecular weight excluding hydrogens is 336 g/mol. The van der Waals surface area contributed by atoms with Crippen LogP contribution in [-0.2, 0) is 0 Å². The molecule has 0 bridgehead atoms. The summed E-state index contributed by atoms with van der Waals surface area (Å²) >= 11 is 0. The third kappa shape index (κ3) is 4.92. The van der Waals surface area contributed by atoms with E-state index in [2.05, 4.69) is 15.3 Å². The van der Waals surface area contributed by atoms with Crippen molar-refractivity contribution >= 4 is 11.8 Å². The maximum absolute atomic E-state index is 12.5. The number of amides is 2. The molecule has 8 nitrogen and oxygen atoms in total. The Bertz CT molecular complexity index is 781. The minimum atomic E-state index is -0.336. The van der Waals surface area contributed by atoms with E-state index >= 15 is 0 Å². The number of hydrogen-bond donors (Lipinski definition) is 1. The lowest BCUT2D eigenvalue weighted by Gasteiger charge is -2.22. The number of pyridine rings is 2. The largest absolute Gasteiger partial charge is 0.497 e. The van der Waals surface area contributed by atoms with E-state index in [1.165, 1.54) is 31.5 Å². The van der Waals surface area contributed by atoms with Gasteiger partial charge < -0.3 is 19.7 Å². The Morgan fingerprint density at radius 3 is 2.19 bits per heavy atom. The highest BCUT2D eigenvalue weighted by atomic mass is 16.5. The van der Waals surface area contributed by atoms with Crippen molar-refractivity contribution in [2.24, 2.45) is 0 Å². The van der Waals surface area contributed by atoms with E-state index in [0.29, 0.717) is 18.0 Å². The predicted molar refractivity (Wildman–Crippen MR) is 95.5 cm³/mol. The first-order valence-corrected chi connectivity index (χ1v) is 8.01. The molecule has 0 saturated carbocycles. The number of aromatic nitrogens is 2. The second-order valence-corrected chi connectivity index (χ2v) is 5.72. The minimum absolute atomic E-state index is 0.250. The summed E-state index contributed by atoms with van der Waals surface area (Å²) in [5.74, 6) is 0.512. The maximum Gasteiger partial charge on any atom is 0.272 e. The predicted octanol–water partition coefficient (Wildman–Crippen LogP) is 1.38. The lowest BCUT2D eigenvalue weighted by Crippen LogP contribution is -2.43. The highest BCUT2D eigenvalue weighted by Gasteiger charge is 2.18. The van der Waals surface area contributed by atoms with Crippen LogP contribution < -0.4 is 14.8 Å². The van der Waals surface area contributed by atoms with Crippen LogP contribution in [0.25, 0.3) is 0 Å². The Labute approximate surface area is 152 Å². The van der Waals surface area contributed by atoms with E-state index in [9.17, 15) is 9.59 Å². The van der Waals surface area contributed by atoms with Gasteiger partial charge in [0.25, 0.3) is 11.8 Å². The summed E-state index contributed by atoms with van der Waals surface area (Å²) < 4.78 is 10.2. The van der Waals surface area contributed by atoms with Gasteiger partial charge in [-0.15, -0.1) is 0 Å². The third-order valence-electron chi connectivity index (χ3n) is 3.66. The lowest BCUT2D eigenvalue weighted by molar-refractivity contribution is 0.0763. The zero-order chi connectivity index (χ0) is 19.1. The van der Waals surface area contributed by atoms with Crippen LogP contribution in [-0.4, -0.2) is 60.5 Å². The summed E-state index contributed by atoms with van der Waals surface area (Å²) in [6, 6.07) is 6.17. The molecule has 0 fully saturated rings. The minimum Gasteiger partial charge on any atom is -0.497 e. The van der Waals surface area contributed by atoms with Gasteiger partial charge in [-0.1, -0.05) is 0 Å². The molecule has 1 N–H and O–H groups in total. The number of hydrogen-bond acceptors (Lipinski definition) is 6. The first-order chi connectivity index (χ1) is 12.4. The molecule has 2 aromatic heterocycles. The van der Waals surface area contributed by atoms with E-state index in [0.717, 1.165) is 0 Å². The summed E-state index contributed by atoms with van der Waals surface area (Å²) in [7, 11) is 4.69. The van der Waals surface area contributed by atoms with Crippen LogP contribution in [0.3, 0.4) is 0 Å². The third-order valence-corrected chi connectivity index (χ3v) is 3.66. The number of likely N-dealkylation sites (N-methyl/N-ethyl adjacent to an activating group) is 1. The smallest absolute Gasteiger partial charge is 0.272 e. The van der Waals surface area contributed by atoms with Crippen LogP contribution >= 0.6 is 0 Å². The van der Waals surface area contributed by atoms with Gasteiger partial charge in [-0.3, -0.25) is 19.6 Å². The van der Waals surface area contributed by atoms with Crippen molar-refractivity contribution in [3.63, 3.8) is 0 Å². The molecule has 0 unspecified atom stereocenters. The fourth-order valence-corrected chi connectivity index (χ4v) is 2.35. The van der Waals surface area contributed by atoms with Crippen LogP contribution in [0.1, 0.15) is 27.9 Å². The zero-order valence-electron chi connectivity index (χ0n) is 15.2. The SMILES string of the molecule is COc1ccnc(C(=O)N[C@H](C)CN(C)C(=O)c2cc(OC)ccn2)c1. The van der Waals surface area contributed by atoms with Crippen molar-refractivity contribution in [2.75, 3.05) is 27.8 Å². The van der Waals surface area contributed by atoms with Gasteiger partial charge in [-0.25, -0.2) is 0 Å². The number of nitrogens with one attached hydrogen (secondary N) is 1. The van der Waals surface area contributed by atoms with Crippen molar-refractivity contribution in [3.05, 3.63) is 48.0 Å². The summed E-state index contributed by atoms with van der Waals surface area (Å²) in [6.07, 6.45) is 3.02. The average Bonchev–Trinajstić information content (AvgIpc) is 2.67. The number of carbonyl (C=O) groups excluding carboxylic acids is 2. The van der Waals surface area contributed by atoms with Gasteiger partial charge >= 0.3 is 0 Å². The Morgan fingerprint density at radius 2 is 1.62 bits per heavy atom. The van der Waals surface area contributed by atoms with E-state index in [1.54, 1.807) is 38.2 Å². The van der Waals surface area contributed by atoms with Crippen LogP contribution in [0.2, 0.25) is 0 Å². The highest BCUT2D eigenvalue weighted by molar-refractivity contribution is 5.93. The van der Waals surface area contributed by atoms with Crippen LogP contribution in [0.15, 0.2) is 36.7 Å². The molecule has 0 saturated heterocycles. The number of methoxy groups -OCH3 is 2. The summed E-state index contributed by atoms with van der Waals surface area (Å²) in [6.45, 7) is 2.12. The second kappa shape index (κ2) is 8.80. The summed E-state index contributed by atoms with van der Waals surface area (Å²) in [5, 5.41) is 2.81. The van der Waals surface area contributed by atoms with Gasteiger partial charge in [0, 0.05) is 44.2 Å². The van der Waals surface area contributed by atoms with Gasteiger partial charge in [0.2, 0.25) is 0 Å². The van der Waals surface area contributed by atoms with Crippen LogP contribution in [0, 0.1) is 0 Å². The van der Waals surface area contributed by atoms with Gasteiger partial charge in [0.15, 0.2) is 0 Å². The molecule has 0 aromatic carbocycles. The highest BCUT2D eigenvalue weighted by Crippen LogP contribution is 2.12. The number of nitrogens with zero attached hydrogens (tertiary/aromatic N) is 3. The summed E-state index contributed by atoms with van der Waals surface area (Å²) in [4.78, 5) is 34.3. The molecule has 2 heterocycles. The fourth-order valence-electron chi connectivity index (χ4n) is 2.35. The van der Waals surface area contributed by atoms with Crippen LogP contribution in [0.4, 0.5) is 0 Å². The zero-order valence-corrected chi connectivity index (χ0v) is 15.2. The maximum atomic E-state index is 12.5. The van der Waals surface area contributed by atoms with Crippen molar-refractivity contribution in [3.8, 4) is 11.5 Å². The molecular formula is C18H22N4O4. The quantitative estimate of drug-likeness (QED) is 0.804. The fraction of sp³-hybridized carbons (Fsp3) is 0.333. The van der Waals surface area contributed by atoms with Gasteiger partial charge in [-0.2, -0.15) is 0 Å². The van der Waals surface area contributed by atoms with Crippen molar-refractivity contribution in [1.82, 2.24) is 20.2 Å². The molecule has 0 spiro atoms. The normalized spacial score (nSPS) is 11.4. The first-order valence-electron chi connectivity index (χ1n) is 8.01. The van der Waals surface area contributed by atoms with Crippen molar-refractivity contribution in [2.45, 2.75) is 13.0 Å². The van der Waals surface area contributed by atoms with Crippen LogP contribution in [0.5, 0.6) is 11.5 Å². The van der Waals surface area contributed by atoms with E-state index < -0.39 is 0 Å². The molecule has 26 heavy (non-hydrogen) atoms. The van der Waals surface area contributed by atoms with E-state index in [1.807, 2.05) is 0 Å². The van der Waals surface area contributed by atoms with Crippen molar-refractivity contribution < 1.29 is 19.1 Å². The monoisotopic (exact) mass is 358 g/mol. The number of carbonyl (C=O) groups is 2. The molecule has 8 heteroatoms. The molecule has 0 aliphatic carbocycles. The standard InChI is InChI=1S/C18H22N4O4/c1-12(21-17(23)15-9-13(25-3)5-7-19-15)11-22(2)18(24)16-10-14(26-4)6-8-20-16/h5-10,12H,11H2,1-4H3,(H,21,23)/t12-/m1/s1. The molecule has 2 amide bonds.